The minimum atomic E-state index is -0.205. The molecule has 1 unspecified atom stereocenters. The highest BCUT2D eigenvalue weighted by atomic mass is 33.1. The predicted molar refractivity (Wildman–Crippen MR) is 35.3 cm³/mol. The molecule has 1 rings (SSSR count). The highest BCUT2D eigenvalue weighted by Crippen LogP contribution is 2.38. The summed E-state index contributed by atoms with van der Waals surface area (Å²) < 4.78 is 0. The van der Waals surface area contributed by atoms with Gasteiger partial charge >= 0.3 is 0 Å². The first-order chi connectivity index (χ1) is 3.34. The lowest BCUT2D eigenvalue weighted by atomic mass is 10.5. The number of hydrogen-bond acceptors (Lipinski definition) is 3. The van der Waals surface area contributed by atoms with Crippen molar-refractivity contribution in [1.29, 1.82) is 0 Å². The molecular weight excluding hydrogens is 128 g/mol. The maximum atomic E-state index is 8.88. The first kappa shape index (κ1) is 5.79. The molecule has 1 fully saturated rings. The van der Waals surface area contributed by atoms with Crippen molar-refractivity contribution >= 4 is 22.5 Å². The molecule has 42 valence electrons. The smallest absolute Gasteiger partial charge is 0.112 e. The Morgan fingerprint density at radius 3 is 2.43 bits per heavy atom. The van der Waals surface area contributed by atoms with E-state index in [4.69, 9.17) is 5.11 Å². The lowest BCUT2D eigenvalue weighted by Gasteiger charge is -1.99. The highest BCUT2D eigenvalue weighted by Gasteiger charge is 2.28. The SMILES string of the molecule is OC(SS)C1CC1. The Kier molecular flexibility index (Phi) is 1.89. The van der Waals surface area contributed by atoms with Gasteiger partial charge in [-0.2, -0.15) is 0 Å². The third-order valence-corrected chi connectivity index (χ3v) is 2.38. The number of hydrogen-bond donors (Lipinski definition) is 2. The lowest BCUT2D eigenvalue weighted by molar-refractivity contribution is 0.242. The minimum Gasteiger partial charge on any atom is -0.381 e. The van der Waals surface area contributed by atoms with Crippen LogP contribution in [0.1, 0.15) is 12.8 Å². The molecule has 1 aliphatic rings. The third kappa shape index (κ3) is 1.55. The lowest BCUT2D eigenvalue weighted by Crippen LogP contribution is -1.98. The Balaban J connectivity index is 2.10. The van der Waals surface area contributed by atoms with Gasteiger partial charge in [-0.25, -0.2) is 0 Å². The van der Waals surface area contributed by atoms with Gasteiger partial charge in [-0.1, -0.05) is 10.8 Å². The predicted octanol–water partition coefficient (Wildman–Crippen LogP) is 1.29. The molecule has 1 saturated carbocycles. The van der Waals surface area contributed by atoms with Gasteiger partial charge in [0.15, 0.2) is 0 Å². The second kappa shape index (κ2) is 2.29. The zero-order valence-electron chi connectivity index (χ0n) is 3.87. The fraction of sp³-hybridized carbons (Fsp3) is 1.00. The van der Waals surface area contributed by atoms with Crippen molar-refractivity contribution < 1.29 is 5.11 Å². The molecule has 0 aromatic rings. The molecule has 7 heavy (non-hydrogen) atoms. The summed E-state index contributed by atoms with van der Waals surface area (Å²) in [5.41, 5.74) is -0.205. The van der Waals surface area contributed by atoms with Crippen LogP contribution in [0.3, 0.4) is 0 Å². The molecule has 0 aromatic carbocycles. The molecule has 0 aliphatic heterocycles. The Labute approximate surface area is 52.3 Å². The molecule has 1 N–H and O–H groups in total. The zero-order chi connectivity index (χ0) is 5.28. The van der Waals surface area contributed by atoms with Crippen LogP contribution in [0.4, 0.5) is 0 Å². The van der Waals surface area contributed by atoms with Gasteiger partial charge in [-0.3, -0.25) is 0 Å². The summed E-state index contributed by atoms with van der Waals surface area (Å²) in [5, 5.41) is 8.88. The number of rotatable bonds is 2. The van der Waals surface area contributed by atoms with Gasteiger partial charge in [-0.15, -0.1) is 11.7 Å². The van der Waals surface area contributed by atoms with E-state index >= 15 is 0 Å². The Morgan fingerprint density at radius 2 is 2.29 bits per heavy atom. The van der Waals surface area contributed by atoms with Crippen LogP contribution in [0.25, 0.3) is 0 Å². The molecule has 3 heteroatoms. The summed E-state index contributed by atoms with van der Waals surface area (Å²) >= 11 is 3.86. The van der Waals surface area contributed by atoms with E-state index in [9.17, 15) is 0 Å². The Morgan fingerprint density at radius 1 is 1.71 bits per heavy atom. The first-order valence-corrected chi connectivity index (χ1v) is 4.26. The second-order valence-corrected chi connectivity index (χ2v) is 3.16. The minimum absolute atomic E-state index is 0.205. The van der Waals surface area contributed by atoms with Crippen molar-refractivity contribution in [2.75, 3.05) is 0 Å². The van der Waals surface area contributed by atoms with Crippen molar-refractivity contribution in [1.82, 2.24) is 0 Å². The van der Waals surface area contributed by atoms with E-state index in [1.165, 1.54) is 23.6 Å². The summed E-state index contributed by atoms with van der Waals surface area (Å²) in [6, 6.07) is 0. The molecule has 0 aromatic heterocycles. The van der Waals surface area contributed by atoms with Gasteiger partial charge in [0.25, 0.3) is 0 Å². The maximum absolute atomic E-state index is 8.88. The molecular formula is C4H8OS2. The van der Waals surface area contributed by atoms with E-state index < -0.39 is 0 Å². The van der Waals surface area contributed by atoms with Crippen molar-refractivity contribution in [2.45, 2.75) is 18.3 Å². The fourth-order valence-corrected chi connectivity index (χ4v) is 1.43. The van der Waals surface area contributed by atoms with Gasteiger partial charge in [0.05, 0.1) is 0 Å². The van der Waals surface area contributed by atoms with Gasteiger partial charge in [0.1, 0.15) is 5.44 Å². The quantitative estimate of drug-likeness (QED) is 0.339. The highest BCUT2D eigenvalue weighted by molar-refractivity contribution is 8.68. The average Bonchev–Trinajstić information content (AvgIpc) is 2.44. The van der Waals surface area contributed by atoms with E-state index in [-0.39, 0.29) is 5.44 Å². The second-order valence-electron chi connectivity index (χ2n) is 1.83. The summed E-state index contributed by atoms with van der Waals surface area (Å²) in [5.74, 6) is 0.558. The molecule has 1 nitrogen and oxygen atoms in total. The molecule has 0 bridgehead atoms. The van der Waals surface area contributed by atoms with Crippen LogP contribution >= 0.6 is 22.5 Å². The number of aliphatic hydroxyl groups excluding tert-OH is 1. The van der Waals surface area contributed by atoms with E-state index in [1.807, 2.05) is 0 Å². The third-order valence-electron chi connectivity index (χ3n) is 1.13. The largest absolute Gasteiger partial charge is 0.381 e. The van der Waals surface area contributed by atoms with Crippen molar-refractivity contribution in [3.8, 4) is 0 Å². The standard InChI is InChI=1S/C4H8OS2/c5-4(7-6)3-1-2-3/h3-6H,1-2H2. The molecule has 0 amide bonds. The number of thiol groups is 1. The van der Waals surface area contributed by atoms with E-state index in [1.54, 1.807) is 0 Å². The van der Waals surface area contributed by atoms with Gasteiger partial charge in [0.2, 0.25) is 0 Å². The molecule has 0 saturated heterocycles. The average molecular weight is 136 g/mol. The normalized spacial score (nSPS) is 24.9. The summed E-state index contributed by atoms with van der Waals surface area (Å²) in [4.78, 5) is 0. The Bertz CT molecular complexity index is 62.7. The van der Waals surface area contributed by atoms with Crippen LogP contribution < -0.4 is 0 Å². The topological polar surface area (TPSA) is 20.2 Å². The van der Waals surface area contributed by atoms with Crippen LogP contribution in [0, 0.1) is 5.92 Å². The summed E-state index contributed by atoms with van der Waals surface area (Å²) in [6.45, 7) is 0. The van der Waals surface area contributed by atoms with Crippen LogP contribution in [-0.4, -0.2) is 10.5 Å². The van der Waals surface area contributed by atoms with Gasteiger partial charge in [0, 0.05) is 0 Å². The molecule has 0 spiro atoms. The van der Waals surface area contributed by atoms with Crippen LogP contribution in [0.2, 0.25) is 0 Å². The van der Waals surface area contributed by atoms with Crippen molar-refractivity contribution in [2.24, 2.45) is 5.92 Å². The Hall–Kier alpha value is 0.660. The first-order valence-electron chi connectivity index (χ1n) is 2.33. The molecule has 1 atom stereocenters. The van der Waals surface area contributed by atoms with E-state index in [0.717, 1.165) is 0 Å². The number of aliphatic hydroxyl groups is 1. The van der Waals surface area contributed by atoms with Crippen LogP contribution in [0.5, 0.6) is 0 Å². The molecule has 1 aliphatic carbocycles. The molecule has 0 heterocycles. The summed E-state index contributed by atoms with van der Waals surface area (Å²) in [7, 11) is 1.25. The van der Waals surface area contributed by atoms with Gasteiger partial charge in [-0.05, 0) is 18.8 Å². The van der Waals surface area contributed by atoms with E-state index in [0.29, 0.717) is 5.92 Å². The zero-order valence-corrected chi connectivity index (χ0v) is 5.58. The summed E-state index contributed by atoms with van der Waals surface area (Å²) in [6.07, 6.45) is 2.38. The maximum Gasteiger partial charge on any atom is 0.112 e. The van der Waals surface area contributed by atoms with Crippen LogP contribution in [-0.2, 0) is 0 Å². The fourth-order valence-electron chi connectivity index (χ4n) is 0.467. The van der Waals surface area contributed by atoms with Crippen molar-refractivity contribution in [3.63, 3.8) is 0 Å². The monoisotopic (exact) mass is 136 g/mol. The van der Waals surface area contributed by atoms with E-state index in [2.05, 4.69) is 11.7 Å². The van der Waals surface area contributed by atoms with Crippen LogP contribution in [0.15, 0.2) is 0 Å². The van der Waals surface area contributed by atoms with Gasteiger partial charge < -0.3 is 5.11 Å². The molecule has 0 radical (unpaired) electrons. The van der Waals surface area contributed by atoms with Crippen molar-refractivity contribution in [3.05, 3.63) is 0 Å².